The number of carbonyl (C=O) groups excluding carboxylic acids is 1. The highest BCUT2D eigenvalue weighted by Crippen LogP contribution is 2.31. The van der Waals surface area contributed by atoms with Gasteiger partial charge in [-0.3, -0.25) is 14.8 Å². The van der Waals surface area contributed by atoms with Gasteiger partial charge in [0.25, 0.3) is 5.91 Å². The Morgan fingerprint density at radius 3 is 2.71 bits per heavy atom. The molecule has 2 heterocycles. The summed E-state index contributed by atoms with van der Waals surface area (Å²) in [5, 5.41) is 6.04. The molecule has 1 aliphatic rings. The van der Waals surface area contributed by atoms with Crippen LogP contribution < -0.4 is 11.2 Å². The molecule has 6 nitrogen and oxygen atoms in total. The molecule has 3 N–H and O–H groups in total. The molecule has 146 valence electrons. The molecule has 1 amide bonds. The number of nitrogens with zero attached hydrogens (tertiary/aromatic N) is 3. The third kappa shape index (κ3) is 4.51. The van der Waals surface area contributed by atoms with E-state index in [1.165, 1.54) is 6.20 Å². The van der Waals surface area contributed by atoms with Crippen molar-refractivity contribution in [3.05, 3.63) is 59.2 Å². The van der Waals surface area contributed by atoms with Crippen LogP contribution in [-0.4, -0.2) is 28.9 Å². The molecule has 3 rings (SSSR count). The molecule has 0 radical (unpaired) electrons. The maximum absolute atomic E-state index is 13.6. The monoisotopic (exact) mass is 393 g/mol. The fraction of sp³-hybridized carbons (Fsp3) is 0.222. The second-order valence-electron chi connectivity index (χ2n) is 6.07. The average molecular weight is 393 g/mol. The molecular formula is C18H15F4N5O. The van der Waals surface area contributed by atoms with Crippen LogP contribution in [0.25, 0.3) is 0 Å². The zero-order valence-electron chi connectivity index (χ0n) is 14.4. The minimum absolute atomic E-state index is 0.0160. The van der Waals surface area contributed by atoms with E-state index in [4.69, 9.17) is 5.84 Å². The fourth-order valence-corrected chi connectivity index (χ4v) is 2.78. The number of aromatic nitrogens is 1. The van der Waals surface area contributed by atoms with E-state index in [-0.39, 0.29) is 17.7 Å². The molecule has 0 atom stereocenters. The molecule has 1 aromatic carbocycles. The van der Waals surface area contributed by atoms with Gasteiger partial charge in [0.05, 0.1) is 17.0 Å². The first kappa shape index (κ1) is 19.5. The van der Waals surface area contributed by atoms with Crippen LogP contribution in [0.3, 0.4) is 0 Å². The minimum atomic E-state index is -4.64. The van der Waals surface area contributed by atoms with Crippen LogP contribution in [0, 0.1) is 5.82 Å². The zero-order valence-corrected chi connectivity index (χ0v) is 14.4. The first-order valence-corrected chi connectivity index (χ1v) is 8.22. The number of alkyl halides is 3. The summed E-state index contributed by atoms with van der Waals surface area (Å²) in [6.07, 6.45) is -2.80. The van der Waals surface area contributed by atoms with E-state index in [0.29, 0.717) is 36.1 Å². The number of halogens is 4. The Morgan fingerprint density at radius 1 is 1.21 bits per heavy atom. The molecule has 0 saturated carbocycles. The van der Waals surface area contributed by atoms with E-state index < -0.39 is 23.5 Å². The number of hydrazone groups is 1. The fourth-order valence-electron chi connectivity index (χ4n) is 2.78. The topological polar surface area (TPSA) is 92.7 Å². The van der Waals surface area contributed by atoms with E-state index in [1.807, 2.05) is 0 Å². The molecule has 0 aliphatic carbocycles. The van der Waals surface area contributed by atoms with Crippen LogP contribution in [0.1, 0.15) is 23.2 Å². The van der Waals surface area contributed by atoms with Gasteiger partial charge in [-0.25, -0.2) is 4.39 Å². The summed E-state index contributed by atoms with van der Waals surface area (Å²) in [6.45, 7) is 0.387. The summed E-state index contributed by atoms with van der Waals surface area (Å²) in [6, 6.07) is 5.48. The SMILES string of the molecule is N/N=C1/C(=O)NCCC1=Nc1ccnc(Cc2cc(F)cc(C(F)(F)F)c2)c1. The molecule has 1 fully saturated rings. The van der Waals surface area contributed by atoms with Crippen molar-refractivity contribution in [2.45, 2.75) is 19.0 Å². The molecule has 0 unspecified atom stereocenters. The van der Waals surface area contributed by atoms with Gasteiger partial charge in [-0.05, 0) is 35.9 Å². The third-order valence-electron chi connectivity index (χ3n) is 4.00. The number of pyridine rings is 1. The van der Waals surface area contributed by atoms with Crippen molar-refractivity contribution in [3.8, 4) is 0 Å². The molecule has 0 spiro atoms. The van der Waals surface area contributed by atoms with Gasteiger partial charge in [0.15, 0.2) is 5.71 Å². The van der Waals surface area contributed by atoms with E-state index in [0.717, 1.165) is 12.1 Å². The number of nitrogens with two attached hydrogens (primary N) is 1. The molecule has 2 aromatic rings. The Labute approximate surface area is 157 Å². The molecule has 1 aromatic heterocycles. The Balaban J connectivity index is 1.88. The molecule has 0 bridgehead atoms. The summed E-state index contributed by atoms with van der Waals surface area (Å²) in [4.78, 5) is 20.2. The lowest BCUT2D eigenvalue weighted by Gasteiger charge is -2.15. The molecule has 10 heteroatoms. The number of aliphatic imine (C=N–C) groups is 1. The van der Waals surface area contributed by atoms with Crippen molar-refractivity contribution in [2.24, 2.45) is 15.9 Å². The summed E-state index contributed by atoms with van der Waals surface area (Å²) < 4.78 is 52.1. The largest absolute Gasteiger partial charge is 0.416 e. The second-order valence-corrected chi connectivity index (χ2v) is 6.07. The van der Waals surface area contributed by atoms with Crippen molar-refractivity contribution in [2.75, 3.05) is 6.54 Å². The highest BCUT2D eigenvalue weighted by molar-refractivity contribution is 6.67. The lowest BCUT2D eigenvalue weighted by Crippen LogP contribution is -2.43. The Morgan fingerprint density at radius 2 is 2.00 bits per heavy atom. The van der Waals surface area contributed by atoms with Gasteiger partial charge in [0.1, 0.15) is 5.82 Å². The molecule has 28 heavy (non-hydrogen) atoms. The number of carbonyl (C=O) groups is 1. The van der Waals surface area contributed by atoms with Crippen molar-refractivity contribution < 1.29 is 22.4 Å². The second kappa shape index (κ2) is 7.75. The molecular weight excluding hydrogens is 378 g/mol. The highest BCUT2D eigenvalue weighted by atomic mass is 19.4. The number of hydrogen-bond acceptors (Lipinski definition) is 5. The predicted octanol–water partition coefficient (Wildman–Crippen LogP) is 2.74. The van der Waals surface area contributed by atoms with Crippen LogP contribution in [-0.2, 0) is 17.4 Å². The first-order chi connectivity index (χ1) is 13.3. The lowest BCUT2D eigenvalue weighted by atomic mass is 10.0. The van der Waals surface area contributed by atoms with E-state index in [1.54, 1.807) is 12.1 Å². The van der Waals surface area contributed by atoms with Gasteiger partial charge in [-0.15, -0.1) is 0 Å². The quantitative estimate of drug-likeness (QED) is 0.477. The standard InChI is InChI=1S/C18H15F4N5O/c19-12-6-10(5-11(8-12)18(20,21)22)7-14-9-13(1-3-24-14)26-15-2-4-25-17(28)16(15)27-23/h1,3,5-6,8-9H,2,4,7,23H2,(H,25,28)/b26-15?,27-16+. The first-order valence-electron chi connectivity index (χ1n) is 8.22. The summed E-state index contributed by atoms with van der Waals surface area (Å²) in [7, 11) is 0. The van der Waals surface area contributed by atoms with Crippen molar-refractivity contribution in [3.63, 3.8) is 0 Å². The van der Waals surface area contributed by atoms with Crippen LogP contribution in [0.2, 0.25) is 0 Å². The smallest absolute Gasteiger partial charge is 0.350 e. The minimum Gasteiger partial charge on any atom is -0.350 e. The van der Waals surface area contributed by atoms with Gasteiger partial charge in [0.2, 0.25) is 0 Å². The summed E-state index contributed by atoms with van der Waals surface area (Å²) >= 11 is 0. The van der Waals surface area contributed by atoms with E-state index in [9.17, 15) is 22.4 Å². The number of rotatable bonds is 3. The maximum Gasteiger partial charge on any atom is 0.416 e. The Kier molecular flexibility index (Phi) is 5.39. The number of hydrogen-bond donors (Lipinski definition) is 2. The van der Waals surface area contributed by atoms with Gasteiger partial charge >= 0.3 is 6.18 Å². The third-order valence-corrected chi connectivity index (χ3v) is 4.00. The maximum atomic E-state index is 13.6. The average Bonchev–Trinajstić information content (AvgIpc) is 2.61. The summed E-state index contributed by atoms with van der Waals surface area (Å²) in [5.41, 5.74) is 0.315. The van der Waals surface area contributed by atoms with Crippen LogP contribution in [0.5, 0.6) is 0 Å². The van der Waals surface area contributed by atoms with Crippen LogP contribution in [0.15, 0.2) is 46.6 Å². The molecule has 1 aliphatic heterocycles. The van der Waals surface area contributed by atoms with Gasteiger partial charge in [-0.1, -0.05) is 0 Å². The van der Waals surface area contributed by atoms with Gasteiger partial charge in [-0.2, -0.15) is 18.3 Å². The molecule has 1 saturated heterocycles. The number of amides is 1. The number of benzene rings is 1. The Bertz CT molecular complexity index is 969. The van der Waals surface area contributed by atoms with Crippen LogP contribution in [0.4, 0.5) is 23.2 Å². The van der Waals surface area contributed by atoms with E-state index >= 15 is 0 Å². The Hall–Kier alpha value is -3.30. The predicted molar refractivity (Wildman–Crippen MR) is 94.8 cm³/mol. The number of piperidine rings is 1. The van der Waals surface area contributed by atoms with Crippen molar-refractivity contribution >= 4 is 23.0 Å². The highest BCUT2D eigenvalue weighted by Gasteiger charge is 2.31. The lowest BCUT2D eigenvalue weighted by molar-refractivity contribution is -0.137. The van der Waals surface area contributed by atoms with E-state index in [2.05, 4.69) is 20.4 Å². The van der Waals surface area contributed by atoms with Crippen molar-refractivity contribution in [1.29, 1.82) is 0 Å². The van der Waals surface area contributed by atoms with Gasteiger partial charge in [0, 0.05) is 31.3 Å². The normalized spacial score (nSPS) is 17.8. The van der Waals surface area contributed by atoms with Crippen LogP contribution >= 0.6 is 0 Å². The zero-order chi connectivity index (χ0) is 20.3. The number of nitrogens with one attached hydrogen (secondary N) is 1. The van der Waals surface area contributed by atoms with Gasteiger partial charge < -0.3 is 11.2 Å². The van der Waals surface area contributed by atoms with Crippen molar-refractivity contribution in [1.82, 2.24) is 10.3 Å². The summed E-state index contributed by atoms with van der Waals surface area (Å²) in [5.74, 6) is 3.84.